The van der Waals surface area contributed by atoms with E-state index in [2.05, 4.69) is 175 Å². The van der Waals surface area contributed by atoms with E-state index in [0.717, 1.165) is 56.4 Å². The third kappa shape index (κ3) is 21.5. The molecule has 0 saturated heterocycles. The molecule has 0 fully saturated rings. The van der Waals surface area contributed by atoms with Gasteiger partial charge in [0.15, 0.2) is 0 Å². The van der Waals surface area contributed by atoms with Gasteiger partial charge in [0, 0.05) is 35.1 Å². The number of phenolic OH excluding ortho intramolecular Hbond substituents is 1. The number of phenols is 1. The Morgan fingerprint density at radius 1 is 0.174 bits per heavy atom. The fraction of sp³-hybridized carbons (Fsp3) is 0.192. The maximum absolute atomic E-state index is 13.3. The first kappa shape index (κ1) is 81.7. The zero-order chi connectivity index (χ0) is 81.7. The molecule has 0 heterocycles. The van der Waals surface area contributed by atoms with Crippen LogP contribution < -0.4 is 33.2 Å². The van der Waals surface area contributed by atoms with Crippen LogP contribution in [0.25, 0.3) is 0 Å². The summed E-state index contributed by atoms with van der Waals surface area (Å²) < 4.78 is 83.5. The van der Waals surface area contributed by atoms with Crippen molar-refractivity contribution in [2.45, 2.75) is 129 Å². The fourth-order valence-corrected chi connectivity index (χ4v) is 13.3. The number of ether oxygens (including phenoxy) is 7. The Kier molecular flexibility index (Phi) is 25.0. The summed E-state index contributed by atoms with van der Waals surface area (Å²) in [5.41, 5.74) is 9.87. The van der Waals surface area contributed by atoms with Gasteiger partial charge in [0.1, 0.15) is 104 Å². The number of hydrogen-bond donors (Lipinski definition) is 1. The molecule has 0 bridgehead atoms. The Hall–Kier alpha value is -12.7. The van der Waals surface area contributed by atoms with Crippen molar-refractivity contribution in [1.29, 1.82) is 0 Å². The summed E-state index contributed by atoms with van der Waals surface area (Å²) in [4.78, 5) is 0. The number of rotatable bonds is 20. The summed E-state index contributed by atoms with van der Waals surface area (Å²) in [6.07, 6.45) is 0. The molecule has 115 heavy (non-hydrogen) atoms. The molecule has 0 saturated carbocycles. The van der Waals surface area contributed by atoms with Crippen molar-refractivity contribution in [3.8, 4) is 86.2 Å². The van der Waals surface area contributed by atoms with Crippen molar-refractivity contribution < 1.29 is 51.4 Å². The van der Waals surface area contributed by atoms with Crippen LogP contribution in [0.2, 0.25) is 0 Å². The molecule has 0 aliphatic rings. The van der Waals surface area contributed by atoms with E-state index in [9.17, 15) is 18.3 Å². The first-order valence-electron chi connectivity index (χ1n) is 38.6. The SMILES string of the molecule is CC(C)(C)c1ccc(Oc2cccc(O)c2)cc1.CC(C)(C)c1ccc(Oc2cccc(Oc3ccc(C(C)(c4ccc(Oc5cccc(Oc6ccc(C(C)(C)C)cc6)c5)cc4)c4ccc(Oc5cccc(Oc6ccc(C(C)(C)C)cc6)c5)cc4)cc3)c2)cc1.CC(c1ccc(F)cc1)(c1ccc(F)cc1)c1ccc(F)cc1. The van der Waals surface area contributed by atoms with Gasteiger partial charge in [-0.3, -0.25) is 0 Å². The summed E-state index contributed by atoms with van der Waals surface area (Å²) in [5.74, 6) is 9.18. The monoisotopic (exact) mass is 1530 g/mol. The van der Waals surface area contributed by atoms with Gasteiger partial charge < -0.3 is 38.3 Å². The summed E-state index contributed by atoms with van der Waals surface area (Å²) in [6, 6.07) is 106. The molecule has 14 aromatic rings. The van der Waals surface area contributed by atoms with Crippen LogP contribution in [0.3, 0.4) is 0 Å². The third-order valence-electron chi connectivity index (χ3n) is 20.3. The van der Waals surface area contributed by atoms with E-state index >= 15 is 0 Å². The van der Waals surface area contributed by atoms with Crippen LogP contribution in [0.1, 0.15) is 153 Å². The molecule has 0 unspecified atom stereocenters. The summed E-state index contributed by atoms with van der Waals surface area (Å²) in [5, 5.41) is 9.36. The van der Waals surface area contributed by atoms with Gasteiger partial charge in [-0.25, -0.2) is 13.2 Å². The average molecular weight is 1530 g/mol. The predicted molar refractivity (Wildman–Crippen MR) is 458 cm³/mol. The van der Waals surface area contributed by atoms with Gasteiger partial charge >= 0.3 is 0 Å². The number of hydrogen-bond acceptors (Lipinski definition) is 8. The minimum atomic E-state index is -0.644. The molecule has 8 nitrogen and oxygen atoms in total. The summed E-state index contributed by atoms with van der Waals surface area (Å²) in [7, 11) is 0. The Labute approximate surface area is 676 Å². The standard InChI is InChI=1S/C68H66O6.C20H15F3.C16H18O2/c1-65(2,3)47-20-32-53(33-21-47)69-59-14-11-17-62(44-59)72-56-38-26-50(27-39-56)68(10,51-28-40-57(41-29-51)73-63-18-12-15-60(45-63)70-54-34-22-48(23-35-54)66(4,5)6)52-30-42-58(43-31-52)74-64-19-13-16-61(46-64)71-55-36-24-49(25-37-55)67(7,8)9;1-20(14-2-8-17(21)9-3-14,15-4-10-18(22)11-5-15)16-6-12-19(23)13-7-16;1-16(2,3)12-7-9-14(10-8-12)18-15-6-4-5-13(17)11-15/h11-46H,1-10H3;2-13H,1H3;4-11,17H,1-3H3. The summed E-state index contributed by atoms with van der Waals surface area (Å²) >= 11 is 0. The Bertz CT molecular complexity index is 5020. The van der Waals surface area contributed by atoms with E-state index < -0.39 is 10.8 Å². The zero-order valence-corrected chi connectivity index (χ0v) is 67.8. The van der Waals surface area contributed by atoms with Gasteiger partial charge in [0.25, 0.3) is 0 Å². The van der Waals surface area contributed by atoms with Gasteiger partial charge in [-0.15, -0.1) is 0 Å². The van der Waals surface area contributed by atoms with E-state index in [-0.39, 0.29) is 44.9 Å². The maximum atomic E-state index is 13.3. The van der Waals surface area contributed by atoms with Gasteiger partial charge in [0.2, 0.25) is 0 Å². The van der Waals surface area contributed by atoms with Crippen molar-refractivity contribution in [2.75, 3.05) is 0 Å². The molecule has 11 heteroatoms. The van der Waals surface area contributed by atoms with E-state index in [1.165, 1.54) is 58.7 Å². The van der Waals surface area contributed by atoms with Gasteiger partial charge in [-0.05, 0) is 261 Å². The van der Waals surface area contributed by atoms with Crippen LogP contribution in [0.15, 0.2) is 340 Å². The van der Waals surface area contributed by atoms with Crippen LogP contribution in [0.4, 0.5) is 13.2 Å². The normalized spacial score (nSPS) is 11.7. The van der Waals surface area contributed by atoms with Crippen LogP contribution in [0, 0.1) is 17.5 Å². The first-order valence-corrected chi connectivity index (χ1v) is 38.6. The number of aromatic hydroxyl groups is 1. The van der Waals surface area contributed by atoms with Crippen molar-refractivity contribution in [2.24, 2.45) is 0 Å². The molecular formula is C104H99F3O8. The van der Waals surface area contributed by atoms with Crippen molar-refractivity contribution in [3.63, 3.8) is 0 Å². The fourth-order valence-electron chi connectivity index (χ4n) is 13.3. The molecule has 14 aromatic carbocycles. The maximum Gasteiger partial charge on any atom is 0.131 e. The number of halogens is 3. The highest BCUT2D eigenvalue weighted by Gasteiger charge is 2.34. The Balaban J connectivity index is 0.000000239. The van der Waals surface area contributed by atoms with E-state index in [1.807, 2.05) is 171 Å². The van der Waals surface area contributed by atoms with E-state index in [0.29, 0.717) is 57.5 Å². The minimum Gasteiger partial charge on any atom is -0.508 e. The molecule has 584 valence electrons. The van der Waals surface area contributed by atoms with Crippen LogP contribution >= 0.6 is 0 Å². The van der Waals surface area contributed by atoms with Crippen LogP contribution in [0.5, 0.6) is 86.2 Å². The smallest absolute Gasteiger partial charge is 0.131 e. The highest BCUT2D eigenvalue weighted by atomic mass is 19.1. The second-order valence-electron chi connectivity index (χ2n) is 33.1. The molecule has 0 aromatic heterocycles. The molecular weight excluding hydrogens is 1430 g/mol. The molecule has 1 N–H and O–H groups in total. The molecule has 0 atom stereocenters. The number of benzene rings is 14. The van der Waals surface area contributed by atoms with Crippen LogP contribution in [-0.4, -0.2) is 5.11 Å². The lowest BCUT2D eigenvalue weighted by Gasteiger charge is -2.32. The van der Waals surface area contributed by atoms with Crippen molar-refractivity contribution >= 4 is 0 Å². The van der Waals surface area contributed by atoms with Gasteiger partial charge in [0.05, 0.1) is 0 Å². The van der Waals surface area contributed by atoms with Gasteiger partial charge in [-0.1, -0.05) is 229 Å². The lowest BCUT2D eigenvalue weighted by Crippen LogP contribution is -2.25. The summed E-state index contributed by atoms with van der Waals surface area (Å²) in [6.45, 7) is 30.6. The molecule has 0 aliphatic heterocycles. The van der Waals surface area contributed by atoms with Crippen LogP contribution in [-0.2, 0) is 32.5 Å². The molecule has 0 amide bonds. The van der Waals surface area contributed by atoms with Gasteiger partial charge in [-0.2, -0.15) is 0 Å². The highest BCUT2D eigenvalue weighted by molar-refractivity contribution is 5.55. The molecule has 0 aliphatic carbocycles. The lowest BCUT2D eigenvalue weighted by molar-refractivity contribution is 0.454. The zero-order valence-electron chi connectivity index (χ0n) is 67.8. The predicted octanol–water partition coefficient (Wildman–Crippen LogP) is 29.6. The van der Waals surface area contributed by atoms with Crippen molar-refractivity contribution in [3.05, 3.63) is 413 Å². The van der Waals surface area contributed by atoms with Crippen molar-refractivity contribution in [1.82, 2.24) is 0 Å². The topological polar surface area (TPSA) is 84.8 Å². The highest BCUT2D eigenvalue weighted by Crippen LogP contribution is 2.44. The molecule has 14 rings (SSSR count). The van der Waals surface area contributed by atoms with E-state index in [4.69, 9.17) is 33.2 Å². The largest absolute Gasteiger partial charge is 0.508 e. The lowest BCUT2D eigenvalue weighted by atomic mass is 9.71. The second kappa shape index (κ2) is 35.1. The van der Waals surface area contributed by atoms with E-state index in [1.54, 1.807) is 54.6 Å². The quantitative estimate of drug-likeness (QED) is 0.0756. The Morgan fingerprint density at radius 2 is 0.322 bits per heavy atom. The third-order valence-corrected chi connectivity index (χ3v) is 20.3. The average Bonchev–Trinajstić information content (AvgIpc) is 0.765. The minimum absolute atomic E-state index is 0.0643. The Morgan fingerprint density at radius 3 is 0.487 bits per heavy atom. The molecule has 0 spiro atoms. The molecule has 0 radical (unpaired) electrons. The second-order valence-corrected chi connectivity index (χ2v) is 33.1. The first-order chi connectivity index (χ1) is 54.8.